The van der Waals surface area contributed by atoms with E-state index in [1.807, 2.05) is 23.1 Å². The summed E-state index contributed by atoms with van der Waals surface area (Å²) in [5.41, 5.74) is 1.24. The molecule has 1 aliphatic rings. The first kappa shape index (κ1) is 15.3. The van der Waals surface area contributed by atoms with Crippen molar-refractivity contribution in [2.45, 2.75) is 38.0 Å². The molecule has 0 radical (unpaired) electrons. The fraction of sp³-hybridized carbons (Fsp3) is 0.600. The predicted molar refractivity (Wildman–Crippen MR) is 73.4 cm³/mol. The molecule has 2 rings (SSSR count). The topological polar surface area (TPSA) is 15.3 Å². The molecule has 0 aromatic heterocycles. The molecule has 1 saturated heterocycles. The number of nitrogens with zero attached hydrogens (tertiary/aromatic N) is 1. The third kappa shape index (κ3) is 5.51. The molecule has 1 aromatic carbocycles. The van der Waals surface area contributed by atoms with E-state index in [1.54, 1.807) is 0 Å². The minimum Gasteiger partial charge on any atom is -0.310 e. The van der Waals surface area contributed by atoms with E-state index in [-0.39, 0.29) is 6.54 Å². The van der Waals surface area contributed by atoms with Crippen molar-refractivity contribution in [3.63, 3.8) is 0 Å². The van der Waals surface area contributed by atoms with Gasteiger partial charge in [-0.25, -0.2) is 0 Å². The molecule has 0 bridgehead atoms. The number of benzene rings is 1. The lowest BCUT2D eigenvalue weighted by Crippen LogP contribution is -2.43. The van der Waals surface area contributed by atoms with Crippen LogP contribution in [0.25, 0.3) is 0 Å². The second-order valence-electron chi connectivity index (χ2n) is 5.35. The molecule has 0 saturated carbocycles. The molecule has 112 valence electrons. The summed E-state index contributed by atoms with van der Waals surface area (Å²) >= 11 is 0. The number of alkyl halides is 3. The summed E-state index contributed by atoms with van der Waals surface area (Å²) in [6.45, 7) is 2.47. The first-order valence-electron chi connectivity index (χ1n) is 7.09. The van der Waals surface area contributed by atoms with Crippen LogP contribution in [0.5, 0.6) is 0 Å². The van der Waals surface area contributed by atoms with Gasteiger partial charge in [0.15, 0.2) is 0 Å². The van der Waals surface area contributed by atoms with Gasteiger partial charge in [0.05, 0.1) is 6.42 Å². The highest BCUT2D eigenvalue weighted by Gasteiger charge is 2.28. The number of hydrogen-bond acceptors (Lipinski definition) is 2. The third-order valence-electron chi connectivity index (χ3n) is 3.74. The fourth-order valence-corrected chi connectivity index (χ4v) is 2.50. The molecule has 0 aliphatic carbocycles. The van der Waals surface area contributed by atoms with Crippen LogP contribution in [-0.4, -0.2) is 36.8 Å². The minimum absolute atomic E-state index is 0.134. The van der Waals surface area contributed by atoms with E-state index in [0.29, 0.717) is 6.04 Å². The lowest BCUT2D eigenvalue weighted by molar-refractivity contribution is -0.138. The van der Waals surface area contributed by atoms with Gasteiger partial charge in [0.25, 0.3) is 0 Å². The molecule has 1 heterocycles. The first-order chi connectivity index (χ1) is 9.53. The zero-order valence-electron chi connectivity index (χ0n) is 11.5. The summed E-state index contributed by atoms with van der Waals surface area (Å²) < 4.78 is 36.5. The van der Waals surface area contributed by atoms with Crippen LogP contribution in [0.3, 0.4) is 0 Å². The van der Waals surface area contributed by atoms with E-state index >= 15 is 0 Å². The van der Waals surface area contributed by atoms with Gasteiger partial charge in [-0.2, -0.15) is 13.2 Å². The SMILES string of the molecule is FC(F)(F)CCN1CCC(NCc2ccccc2)CC1. The Hall–Kier alpha value is -1.07. The zero-order chi connectivity index (χ0) is 14.4. The first-order valence-corrected chi connectivity index (χ1v) is 7.09. The normalized spacial score (nSPS) is 18.4. The summed E-state index contributed by atoms with van der Waals surface area (Å²) in [5.74, 6) is 0. The van der Waals surface area contributed by atoms with Crippen molar-refractivity contribution in [3.05, 3.63) is 35.9 Å². The van der Waals surface area contributed by atoms with E-state index in [4.69, 9.17) is 0 Å². The third-order valence-corrected chi connectivity index (χ3v) is 3.74. The maximum absolute atomic E-state index is 12.2. The molecule has 1 aromatic rings. The van der Waals surface area contributed by atoms with Crippen molar-refractivity contribution in [2.75, 3.05) is 19.6 Å². The summed E-state index contributed by atoms with van der Waals surface area (Å²) in [6.07, 6.45) is -2.90. The number of hydrogen-bond donors (Lipinski definition) is 1. The number of piperidine rings is 1. The number of halogens is 3. The van der Waals surface area contributed by atoms with Crippen LogP contribution < -0.4 is 5.32 Å². The summed E-state index contributed by atoms with van der Waals surface area (Å²) in [5, 5.41) is 3.48. The van der Waals surface area contributed by atoms with Crippen LogP contribution in [0.15, 0.2) is 30.3 Å². The van der Waals surface area contributed by atoms with Crippen molar-refractivity contribution in [2.24, 2.45) is 0 Å². The number of likely N-dealkylation sites (tertiary alicyclic amines) is 1. The van der Waals surface area contributed by atoms with Crippen LogP contribution in [0.1, 0.15) is 24.8 Å². The highest BCUT2D eigenvalue weighted by Crippen LogP contribution is 2.21. The van der Waals surface area contributed by atoms with Crippen molar-refractivity contribution in [3.8, 4) is 0 Å². The molecule has 0 unspecified atom stereocenters. The molecule has 0 atom stereocenters. The van der Waals surface area contributed by atoms with Crippen molar-refractivity contribution >= 4 is 0 Å². The standard InChI is InChI=1S/C15H21F3N2/c16-15(17,18)8-11-20-9-6-14(7-10-20)19-12-13-4-2-1-3-5-13/h1-5,14,19H,6-12H2. The summed E-state index contributed by atoms with van der Waals surface area (Å²) in [6, 6.07) is 10.6. The largest absolute Gasteiger partial charge is 0.390 e. The highest BCUT2D eigenvalue weighted by molar-refractivity contribution is 5.14. The second-order valence-corrected chi connectivity index (χ2v) is 5.35. The Bertz CT molecular complexity index is 384. The Labute approximate surface area is 118 Å². The quantitative estimate of drug-likeness (QED) is 0.894. The Balaban J connectivity index is 1.64. The summed E-state index contributed by atoms with van der Waals surface area (Å²) in [7, 11) is 0. The van der Waals surface area contributed by atoms with Gasteiger partial charge < -0.3 is 10.2 Å². The average Bonchev–Trinajstić information content (AvgIpc) is 2.44. The maximum Gasteiger partial charge on any atom is 0.390 e. The molecule has 20 heavy (non-hydrogen) atoms. The van der Waals surface area contributed by atoms with Gasteiger partial charge in [0.2, 0.25) is 0 Å². The Morgan fingerprint density at radius 3 is 2.35 bits per heavy atom. The molecule has 1 aliphatic heterocycles. The van der Waals surface area contributed by atoms with Crippen LogP contribution in [0, 0.1) is 0 Å². The van der Waals surface area contributed by atoms with E-state index in [2.05, 4.69) is 17.4 Å². The van der Waals surface area contributed by atoms with Gasteiger partial charge in [-0.15, -0.1) is 0 Å². The molecular weight excluding hydrogens is 265 g/mol. The molecule has 1 fully saturated rings. The molecule has 2 nitrogen and oxygen atoms in total. The lowest BCUT2D eigenvalue weighted by Gasteiger charge is -2.32. The molecule has 0 spiro atoms. The van der Waals surface area contributed by atoms with Gasteiger partial charge in [-0.3, -0.25) is 0 Å². The van der Waals surface area contributed by atoms with E-state index in [9.17, 15) is 13.2 Å². The Morgan fingerprint density at radius 2 is 1.75 bits per heavy atom. The predicted octanol–water partition coefficient (Wildman–Crippen LogP) is 3.19. The van der Waals surface area contributed by atoms with Crippen LogP contribution in [0.4, 0.5) is 13.2 Å². The van der Waals surface area contributed by atoms with Crippen molar-refractivity contribution in [1.82, 2.24) is 10.2 Å². The van der Waals surface area contributed by atoms with E-state index in [1.165, 1.54) is 5.56 Å². The van der Waals surface area contributed by atoms with E-state index in [0.717, 1.165) is 32.5 Å². The van der Waals surface area contributed by atoms with Crippen LogP contribution in [-0.2, 0) is 6.54 Å². The molecular formula is C15H21F3N2. The molecule has 1 N–H and O–H groups in total. The molecule has 0 amide bonds. The smallest absolute Gasteiger partial charge is 0.310 e. The zero-order valence-corrected chi connectivity index (χ0v) is 11.5. The second kappa shape index (κ2) is 7.09. The fourth-order valence-electron chi connectivity index (χ4n) is 2.50. The van der Waals surface area contributed by atoms with Crippen molar-refractivity contribution < 1.29 is 13.2 Å². The summed E-state index contributed by atoms with van der Waals surface area (Å²) in [4.78, 5) is 1.91. The highest BCUT2D eigenvalue weighted by atomic mass is 19.4. The van der Waals surface area contributed by atoms with Gasteiger partial charge >= 0.3 is 6.18 Å². The maximum atomic E-state index is 12.2. The van der Waals surface area contributed by atoms with Gasteiger partial charge in [-0.1, -0.05) is 30.3 Å². The van der Waals surface area contributed by atoms with Gasteiger partial charge in [0.1, 0.15) is 0 Å². The van der Waals surface area contributed by atoms with Gasteiger partial charge in [-0.05, 0) is 31.5 Å². The van der Waals surface area contributed by atoms with Crippen molar-refractivity contribution in [1.29, 1.82) is 0 Å². The van der Waals surface area contributed by atoms with Gasteiger partial charge in [0, 0.05) is 19.1 Å². The monoisotopic (exact) mass is 286 g/mol. The molecule has 5 heteroatoms. The number of rotatable bonds is 5. The van der Waals surface area contributed by atoms with Crippen LogP contribution >= 0.6 is 0 Å². The number of nitrogens with one attached hydrogen (secondary N) is 1. The average molecular weight is 286 g/mol. The lowest BCUT2D eigenvalue weighted by atomic mass is 10.0. The Kier molecular flexibility index (Phi) is 5.43. The van der Waals surface area contributed by atoms with Crippen LogP contribution in [0.2, 0.25) is 0 Å². The van der Waals surface area contributed by atoms with E-state index < -0.39 is 12.6 Å². The Morgan fingerprint density at radius 1 is 1.10 bits per heavy atom. The minimum atomic E-state index is -4.04.